The van der Waals surface area contributed by atoms with Gasteiger partial charge in [0.1, 0.15) is 11.3 Å². The van der Waals surface area contributed by atoms with Crippen LogP contribution in [0.15, 0.2) is 12.3 Å². The number of fused-ring (bicyclic) bond motifs is 1. The molecule has 0 saturated carbocycles. The average molecular weight is 234 g/mol. The Morgan fingerprint density at radius 2 is 2.18 bits per heavy atom. The number of rotatable bonds is 1. The number of pyridine rings is 1. The van der Waals surface area contributed by atoms with Gasteiger partial charge in [0.2, 0.25) is 0 Å². The van der Waals surface area contributed by atoms with E-state index in [2.05, 4.69) is 10.3 Å². The zero-order chi connectivity index (χ0) is 12.5. The molecule has 0 aliphatic carbocycles. The lowest BCUT2D eigenvalue weighted by atomic mass is 10.0. The third-order valence-electron chi connectivity index (χ3n) is 2.58. The Balaban J connectivity index is 2.19. The van der Waals surface area contributed by atoms with Crippen molar-refractivity contribution in [2.24, 2.45) is 0 Å². The van der Waals surface area contributed by atoms with Crippen LogP contribution in [-0.2, 0) is 17.7 Å². The standard InChI is InChI=1S/C13H18N2O2/c1-13(2,3)17-12(16)11-6-9-4-5-14-7-10(9)8-15-11/h6,8,14H,4-5,7H2,1-3H3. The van der Waals surface area contributed by atoms with Crippen molar-refractivity contribution >= 4 is 5.97 Å². The highest BCUT2D eigenvalue weighted by Gasteiger charge is 2.20. The maximum absolute atomic E-state index is 11.8. The molecule has 92 valence electrons. The Morgan fingerprint density at radius 3 is 2.88 bits per heavy atom. The summed E-state index contributed by atoms with van der Waals surface area (Å²) >= 11 is 0. The lowest BCUT2D eigenvalue weighted by Gasteiger charge is -2.20. The second kappa shape index (κ2) is 4.45. The lowest BCUT2D eigenvalue weighted by Crippen LogP contribution is -2.26. The molecule has 1 N–H and O–H groups in total. The van der Waals surface area contributed by atoms with Gasteiger partial charge in [-0.1, -0.05) is 0 Å². The number of carbonyl (C=O) groups is 1. The number of hydrogen-bond donors (Lipinski definition) is 1. The number of aromatic nitrogens is 1. The predicted molar refractivity (Wildman–Crippen MR) is 64.8 cm³/mol. The van der Waals surface area contributed by atoms with Crippen LogP contribution in [0.5, 0.6) is 0 Å². The Bertz CT molecular complexity index is 436. The van der Waals surface area contributed by atoms with Crippen LogP contribution in [0, 0.1) is 0 Å². The maximum Gasteiger partial charge on any atom is 0.357 e. The van der Waals surface area contributed by atoms with Gasteiger partial charge < -0.3 is 10.1 Å². The smallest absolute Gasteiger partial charge is 0.357 e. The van der Waals surface area contributed by atoms with Crippen molar-refractivity contribution in [1.29, 1.82) is 0 Å². The molecule has 0 unspecified atom stereocenters. The number of nitrogens with one attached hydrogen (secondary N) is 1. The van der Waals surface area contributed by atoms with Gasteiger partial charge in [0.05, 0.1) is 0 Å². The zero-order valence-electron chi connectivity index (χ0n) is 10.5. The largest absolute Gasteiger partial charge is 0.455 e. The first-order valence-electron chi connectivity index (χ1n) is 5.87. The molecule has 0 spiro atoms. The normalized spacial score (nSPS) is 15.2. The summed E-state index contributed by atoms with van der Waals surface area (Å²) in [6.07, 6.45) is 2.70. The Labute approximate surface area is 101 Å². The molecule has 1 aromatic rings. The minimum atomic E-state index is -0.476. The van der Waals surface area contributed by atoms with Gasteiger partial charge in [0, 0.05) is 12.7 Å². The first kappa shape index (κ1) is 12.0. The molecule has 2 heterocycles. The quantitative estimate of drug-likeness (QED) is 0.751. The van der Waals surface area contributed by atoms with E-state index < -0.39 is 5.60 Å². The summed E-state index contributed by atoms with van der Waals surface area (Å²) in [7, 11) is 0. The molecular formula is C13H18N2O2. The van der Waals surface area contributed by atoms with Gasteiger partial charge in [-0.05, 0) is 50.9 Å². The van der Waals surface area contributed by atoms with Crippen LogP contribution >= 0.6 is 0 Å². The highest BCUT2D eigenvalue weighted by atomic mass is 16.6. The topological polar surface area (TPSA) is 51.2 Å². The van der Waals surface area contributed by atoms with Crippen LogP contribution in [0.1, 0.15) is 42.4 Å². The van der Waals surface area contributed by atoms with E-state index in [4.69, 9.17) is 4.74 Å². The zero-order valence-corrected chi connectivity index (χ0v) is 10.5. The van der Waals surface area contributed by atoms with Crippen LogP contribution in [0.4, 0.5) is 0 Å². The van der Waals surface area contributed by atoms with Gasteiger partial charge in [-0.25, -0.2) is 9.78 Å². The predicted octanol–water partition coefficient (Wildman–Crippen LogP) is 1.68. The summed E-state index contributed by atoms with van der Waals surface area (Å²) in [5.74, 6) is -0.348. The SMILES string of the molecule is CC(C)(C)OC(=O)c1cc2c(cn1)CNCC2. The first-order valence-corrected chi connectivity index (χ1v) is 5.87. The monoisotopic (exact) mass is 234 g/mol. The van der Waals surface area contributed by atoms with Crippen molar-refractivity contribution < 1.29 is 9.53 Å². The summed E-state index contributed by atoms with van der Waals surface area (Å²) in [6, 6.07) is 1.85. The molecule has 0 aromatic carbocycles. The molecule has 0 amide bonds. The summed E-state index contributed by atoms with van der Waals surface area (Å²) in [5.41, 5.74) is 2.29. The maximum atomic E-state index is 11.8. The first-order chi connectivity index (χ1) is 7.96. The van der Waals surface area contributed by atoms with Gasteiger partial charge in [-0.3, -0.25) is 0 Å². The summed E-state index contributed by atoms with van der Waals surface area (Å²) in [6.45, 7) is 7.34. The van der Waals surface area contributed by atoms with Crippen LogP contribution in [0.3, 0.4) is 0 Å². The second-order valence-electron chi connectivity index (χ2n) is 5.27. The summed E-state index contributed by atoms with van der Waals surface area (Å²) < 4.78 is 5.30. The van der Waals surface area contributed by atoms with Gasteiger partial charge in [0.25, 0.3) is 0 Å². The average Bonchev–Trinajstić information content (AvgIpc) is 2.26. The highest BCUT2D eigenvalue weighted by Crippen LogP contribution is 2.16. The van der Waals surface area contributed by atoms with Gasteiger partial charge in [-0.15, -0.1) is 0 Å². The molecular weight excluding hydrogens is 216 g/mol. The van der Waals surface area contributed by atoms with E-state index in [-0.39, 0.29) is 5.97 Å². The summed E-state index contributed by atoms with van der Waals surface area (Å²) in [4.78, 5) is 16.0. The van der Waals surface area contributed by atoms with Crippen molar-refractivity contribution in [2.45, 2.75) is 39.3 Å². The molecule has 0 fully saturated rings. The molecule has 0 atom stereocenters. The van der Waals surface area contributed by atoms with E-state index >= 15 is 0 Å². The van der Waals surface area contributed by atoms with Crippen LogP contribution in [-0.4, -0.2) is 23.1 Å². The molecule has 1 aliphatic heterocycles. The fourth-order valence-corrected chi connectivity index (χ4v) is 1.81. The minimum absolute atomic E-state index is 0.348. The fourth-order valence-electron chi connectivity index (χ4n) is 1.81. The Hall–Kier alpha value is -1.42. The van der Waals surface area contributed by atoms with E-state index in [1.54, 1.807) is 6.20 Å². The molecule has 0 radical (unpaired) electrons. The van der Waals surface area contributed by atoms with Crippen molar-refractivity contribution in [3.8, 4) is 0 Å². The number of hydrogen-bond acceptors (Lipinski definition) is 4. The van der Waals surface area contributed by atoms with Crippen molar-refractivity contribution in [1.82, 2.24) is 10.3 Å². The van der Waals surface area contributed by atoms with E-state index in [0.717, 1.165) is 19.5 Å². The van der Waals surface area contributed by atoms with Crippen molar-refractivity contribution in [2.75, 3.05) is 6.54 Å². The van der Waals surface area contributed by atoms with Gasteiger partial charge in [-0.2, -0.15) is 0 Å². The Morgan fingerprint density at radius 1 is 1.41 bits per heavy atom. The fraction of sp³-hybridized carbons (Fsp3) is 0.538. The van der Waals surface area contributed by atoms with E-state index in [9.17, 15) is 4.79 Å². The van der Waals surface area contributed by atoms with E-state index in [1.165, 1.54) is 11.1 Å². The molecule has 4 heteroatoms. The molecule has 2 rings (SSSR count). The van der Waals surface area contributed by atoms with Crippen LogP contribution in [0.25, 0.3) is 0 Å². The number of carbonyl (C=O) groups excluding carboxylic acids is 1. The van der Waals surface area contributed by atoms with Crippen LogP contribution in [0.2, 0.25) is 0 Å². The van der Waals surface area contributed by atoms with Crippen LogP contribution < -0.4 is 5.32 Å². The Kier molecular flexibility index (Phi) is 3.15. The number of nitrogens with zero attached hydrogens (tertiary/aromatic N) is 1. The molecule has 1 aliphatic rings. The molecule has 1 aromatic heterocycles. The van der Waals surface area contributed by atoms with E-state index in [0.29, 0.717) is 5.69 Å². The molecule has 0 bridgehead atoms. The minimum Gasteiger partial charge on any atom is -0.455 e. The van der Waals surface area contributed by atoms with Gasteiger partial charge >= 0.3 is 5.97 Å². The third-order valence-corrected chi connectivity index (χ3v) is 2.58. The van der Waals surface area contributed by atoms with E-state index in [1.807, 2.05) is 26.8 Å². The molecule has 0 saturated heterocycles. The van der Waals surface area contributed by atoms with Crippen molar-refractivity contribution in [3.05, 3.63) is 29.1 Å². The van der Waals surface area contributed by atoms with Crippen molar-refractivity contribution in [3.63, 3.8) is 0 Å². The molecule has 4 nitrogen and oxygen atoms in total. The number of esters is 1. The lowest BCUT2D eigenvalue weighted by molar-refractivity contribution is 0.00626. The molecule has 17 heavy (non-hydrogen) atoms. The highest BCUT2D eigenvalue weighted by molar-refractivity contribution is 5.87. The number of ether oxygens (including phenoxy) is 1. The third kappa shape index (κ3) is 3.03. The summed E-state index contributed by atoms with van der Waals surface area (Å²) in [5, 5.41) is 3.27. The second-order valence-corrected chi connectivity index (χ2v) is 5.27. The van der Waals surface area contributed by atoms with Gasteiger partial charge in [0.15, 0.2) is 0 Å².